The highest BCUT2D eigenvalue weighted by Crippen LogP contribution is 2.11. The van der Waals surface area contributed by atoms with E-state index in [1.54, 1.807) is 7.05 Å². The fourth-order valence-electron chi connectivity index (χ4n) is 2.39. The van der Waals surface area contributed by atoms with Crippen molar-refractivity contribution >= 4 is 23.2 Å². The van der Waals surface area contributed by atoms with Gasteiger partial charge in [0.1, 0.15) is 0 Å². The van der Waals surface area contributed by atoms with Gasteiger partial charge < -0.3 is 20.3 Å². The lowest BCUT2D eigenvalue weighted by atomic mass is 10.1. The van der Waals surface area contributed by atoms with Crippen LogP contribution < -0.4 is 10.6 Å². The predicted molar refractivity (Wildman–Crippen MR) is 90.9 cm³/mol. The van der Waals surface area contributed by atoms with Crippen LogP contribution in [0.25, 0.3) is 0 Å². The Morgan fingerprint density at radius 2 is 2.14 bits per heavy atom. The maximum Gasteiger partial charge on any atom is 0.251 e. The van der Waals surface area contributed by atoms with Gasteiger partial charge in [-0.25, -0.2) is 0 Å². The molecule has 22 heavy (non-hydrogen) atoms. The number of carbonyl (C=O) groups excluding carboxylic acids is 1. The SMILES string of the molecule is CNC(=O)c1ccc(CN(C)C(=S)NC[C@@H]2CCCO2)cc1. The molecule has 1 saturated heterocycles. The van der Waals surface area contributed by atoms with Gasteiger partial charge >= 0.3 is 0 Å². The van der Waals surface area contributed by atoms with Gasteiger partial charge in [0.25, 0.3) is 5.91 Å². The molecule has 0 radical (unpaired) electrons. The van der Waals surface area contributed by atoms with Crippen LogP contribution in [-0.2, 0) is 11.3 Å². The molecule has 2 rings (SSSR count). The van der Waals surface area contributed by atoms with Crippen molar-refractivity contribution in [2.45, 2.75) is 25.5 Å². The molecule has 6 heteroatoms. The first kappa shape index (κ1) is 16.7. The number of ether oxygens (including phenoxy) is 1. The van der Waals surface area contributed by atoms with Gasteiger partial charge in [-0.1, -0.05) is 12.1 Å². The maximum atomic E-state index is 11.5. The highest BCUT2D eigenvalue weighted by molar-refractivity contribution is 7.80. The summed E-state index contributed by atoms with van der Waals surface area (Å²) in [4.78, 5) is 13.5. The van der Waals surface area contributed by atoms with Crippen molar-refractivity contribution in [3.05, 3.63) is 35.4 Å². The fraction of sp³-hybridized carbons (Fsp3) is 0.500. The molecule has 1 atom stereocenters. The number of amides is 1. The summed E-state index contributed by atoms with van der Waals surface area (Å²) in [5.74, 6) is -0.0753. The molecule has 0 unspecified atom stereocenters. The topological polar surface area (TPSA) is 53.6 Å². The van der Waals surface area contributed by atoms with Gasteiger partial charge in [0.15, 0.2) is 5.11 Å². The highest BCUT2D eigenvalue weighted by atomic mass is 32.1. The molecule has 0 aromatic heterocycles. The van der Waals surface area contributed by atoms with Gasteiger partial charge in [-0.15, -0.1) is 0 Å². The summed E-state index contributed by atoms with van der Waals surface area (Å²) in [5, 5.41) is 6.58. The lowest BCUT2D eigenvalue weighted by molar-refractivity contribution is 0.0963. The monoisotopic (exact) mass is 321 g/mol. The fourth-order valence-corrected chi connectivity index (χ4v) is 2.54. The van der Waals surface area contributed by atoms with Crippen molar-refractivity contribution in [1.82, 2.24) is 15.5 Å². The smallest absolute Gasteiger partial charge is 0.251 e. The molecule has 0 spiro atoms. The zero-order chi connectivity index (χ0) is 15.9. The van der Waals surface area contributed by atoms with E-state index in [-0.39, 0.29) is 12.0 Å². The van der Waals surface area contributed by atoms with Crippen LogP contribution in [0.3, 0.4) is 0 Å². The molecule has 0 aliphatic carbocycles. The van der Waals surface area contributed by atoms with Crippen LogP contribution in [0.1, 0.15) is 28.8 Å². The quantitative estimate of drug-likeness (QED) is 0.806. The molecule has 1 amide bonds. The van der Waals surface area contributed by atoms with Gasteiger partial charge in [0.05, 0.1) is 6.10 Å². The number of carbonyl (C=O) groups is 1. The van der Waals surface area contributed by atoms with Crippen molar-refractivity contribution in [1.29, 1.82) is 0 Å². The van der Waals surface area contributed by atoms with Crippen molar-refractivity contribution < 1.29 is 9.53 Å². The van der Waals surface area contributed by atoms with E-state index < -0.39 is 0 Å². The lowest BCUT2D eigenvalue weighted by Crippen LogP contribution is -2.40. The van der Waals surface area contributed by atoms with Crippen LogP contribution in [0.5, 0.6) is 0 Å². The predicted octanol–water partition coefficient (Wildman–Crippen LogP) is 1.53. The number of hydrogen-bond acceptors (Lipinski definition) is 3. The minimum absolute atomic E-state index is 0.0753. The Balaban J connectivity index is 1.81. The van der Waals surface area contributed by atoms with Crippen LogP contribution in [0.2, 0.25) is 0 Å². The van der Waals surface area contributed by atoms with Crippen molar-refractivity contribution in [2.24, 2.45) is 0 Å². The Bertz CT molecular complexity index is 513. The van der Waals surface area contributed by atoms with E-state index in [9.17, 15) is 4.79 Å². The number of benzene rings is 1. The van der Waals surface area contributed by atoms with E-state index in [0.29, 0.717) is 17.2 Å². The van der Waals surface area contributed by atoms with Gasteiger partial charge in [0.2, 0.25) is 0 Å². The molecule has 1 fully saturated rings. The zero-order valence-corrected chi connectivity index (χ0v) is 13.9. The molecule has 1 aromatic rings. The largest absolute Gasteiger partial charge is 0.376 e. The van der Waals surface area contributed by atoms with E-state index in [0.717, 1.165) is 31.6 Å². The average Bonchev–Trinajstić information content (AvgIpc) is 3.06. The van der Waals surface area contributed by atoms with Crippen molar-refractivity contribution in [3.8, 4) is 0 Å². The minimum atomic E-state index is -0.0753. The summed E-state index contributed by atoms with van der Waals surface area (Å²) in [6.45, 7) is 2.32. The Hall–Kier alpha value is -1.66. The first-order valence-corrected chi connectivity index (χ1v) is 7.92. The van der Waals surface area contributed by atoms with Crippen LogP contribution in [0, 0.1) is 0 Å². The van der Waals surface area contributed by atoms with E-state index in [2.05, 4.69) is 10.6 Å². The van der Waals surface area contributed by atoms with Gasteiger partial charge in [-0.2, -0.15) is 0 Å². The van der Waals surface area contributed by atoms with E-state index >= 15 is 0 Å². The Morgan fingerprint density at radius 3 is 2.73 bits per heavy atom. The highest BCUT2D eigenvalue weighted by Gasteiger charge is 2.16. The molecule has 1 aromatic carbocycles. The molecular weight excluding hydrogens is 298 g/mol. The third kappa shape index (κ3) is 4.68. The molecule has 1 heterocycles. The number of nitrogens with zero attached hydrogens (tertiary/aromatic N) is 1. The van der Waals surface area contributed by atoms with Crippen LogP contribution >= 0.6 is 12.2 Å². The van der Waals surface area contributed by atoms with E-state index in [1.807, 2.05) is 36.2 Å². The minimum Gasteiger partial charge on any atom is -0.376 e. The number of nitrogens with one attached hydrogen (secondary N) is 2. The molecular formula is C16H23N3O2S. The maximum absolute atomic E-state index is 11.5. The Morgan fingerprint density at radius 1 is 1.41 bits per heavy atom. The summed E-state index contributed by atoms with van der Waals surface area (Å²) >= 11 is 5.39. The third-order valence-corrected chi connectivity index (χ3v) is 4.17. The number of thiocarbonyl (C=S) groups is 1. The standard InChI is InChI=1S/C16H23N3O2S/c1-17-15(20)13-7-5-12(6-8-13)11-19(2)16(22)18-10-14-4-3-9-21-14/h5-8,14H,3-4,9-11H2,1-2H3,(H,17,20)(H,18,22)/t14-/m0/s1. The van der Waals surface area contributed by atoms with Crippen molar-refractivity contribution in [3.63, 3.8) is 0 Å². The summed E-state index contributed by atoms with van der Waals surface area (Å²) in [7, 11) is 3.58. The van der Waals surface area contributed by atoms with Gasteiger partial charge in [-0.3, -0.25) is 4.79 Å². The molecule has 120 valence electrons. The number of rotatable bonds is 5. The molecule has 1 aliphatic heterocycles. The second-order valence-corrected chi connectivity index (χ2v) is 5.84. The zero-order valence-electron chi connectivity index (χ0n) is 13.1. The van der Waals surface area contributed by atoms with Crippen LogP contribution in [0.15, 0.2) is 24.3 Å². The van der Waals surface area contributed by atoms with Crippen LogP contribution in [-0.4, -0.2) is 49.3 Å². The van der Waals surface area contributed by atoms with Crippen LogP contribution in [0.4, 0.5) is 0 Å². The first-order valence-electron chi connectivity index (χ1n) is 7.51. The lowest BCUT2D eigenvalue weighted by Gasteiger charge is -2.22. The van der Waals surface area contributed by atoms with E-state index in [1.165, 1.54) is 0 Å². The Kier molecular flexibility index (Phi) is 6.15. The normalized spacial score (nSPS) is 17.1. The van der Waals surface area contributed by atoms with E-state index in [4.69, 9.17) is 17.0 Å². The summed E-state index contributed by atoms with van der Waals surface area (Å²) in [6, 6.07) is 7.54. The Labute approximate surface area is 137 Å². The van der Waals surface area contributed by atoms with Gasteiger partial charge in [-0.05, 0) is 42.8 Å². The third-order valence-electron chi connectivity index (χ3n) is 3.71. The number of hydrogen-bond donors (Lipinski definition) is 2. The molecule has 0 bridgehead atoms. The second-order valence-electron chi connectivity index (χ2n) is 5.45. The molecule has 2 N–H and O–H groups in total. The van der Waals surface area contributed by atoms with Gasteiger partial charge in [0, 0.05) is 39.4 Å². The molecule has 5 nitrogen and oxygen atoms in total. The second kappa shape index (κ2) is 8.10. The average molecular weight is 321 g/mol. The molecule has 1 aliphatic rings. The van der Waals surface area contributed by atoms with Crippen molar-refractivity contribution in [2.75, 3.05) is 27.2 Å². The first-order chi connectivity index (χ1) is 10.6. The summed E-state index contributed by atoms with van der Waals surface area (Å²) < 4.78 is 5.57. The molecule has 0 saturated carbocycles. The summed E-state index contributed by atoms with van der Waals surface area (Å²) in [5.41, 5.74) is 1.77. The summed E-state index contributed by atoms with van der Waals surface area (Å²) in [6.07, 6.45) is 2.51.